The predicted octanol–water partition coefficient (Wildman–Crippen LogP) is 4.29. The summed E-state index contributed by atoms with van der Waals surface area (Å²) < 4.78 is 5.31. The number of nitrogens with zero attached hydrogens (tertiary/aromatic N) is 4. The van der Waals surface area contributed by atoms with Crippen LogP contribution in [-0.4, -0.2) is 76.9 Å². The van der Waals surface area contributed by atoms with Crippen molar-refractivity contribution in [1.29, 1.82) is 0 Å². The zero-order valence-electron chi connectivity index (χ0n) is 22.0. The lowest BCUT2D eigenvalue weighted by molar-refractivity contribution is -0.138. The van der Waals surface area contributed by atoms with Crippen molar-refractivity contribution in [1.82, 2.24) is 19.9 Å². The third-order valence-electron chi connectivity index (χ3n) is 6.84. The van der Waals surface area contributed by atoms with E-state index in [9.17, 15) is 9.90 Å². The van der Waals surface area contributed by atoms with Gasteiger partial charge in [-0.1, -0.05) is 6.07 Å². The third-order valence-corrected chi connectivity index (χ3v) is 7.65. The van der Waals surface area contributed by atoms with E-state index in [1.807, 2.05) is 18.4 Å². The highest BCUT2D eigenvalue weighted by molar-refractivity contribution is 7.16. The Hall–Kier alpha value is -2.82. The van der Waals surface area contributed by atoms with Crippen LogP contribution in [0.15, 0.2) is 17.5 Å². The Kier molecular flexibility index (Phi) is 9.65. The smallest absolute Gasteiger partial charge is 0.326 e. The summed E-state index contributed by atoms with van der Waals surface area (Å²) in [6, 6.07) is 3.48. The number of aryl methyl sites for hydroxylation is 4. The van der Waals surface area contributed by atoms with Crippen molar-refractivity contribution in [2.24, 2.45) is 0 Å². The molecule has 37 heavy (non-hydrogen) atoms. The first-order valence-electron chi connectivity index (χ1n) is 13.1. The number of nitrogens with one attached hydrogen (secondary N) is 2. The molecule has 0 spiro atoms. The van der Waals surface area contributed by atoms with Crippen LogP contribution in [0.3, 0.4) is 0 Å². The molecule has 0 unspecified atom stereocenters. The van der Waals surface area contributed by atoms with Crippen molar-refractivity contribution in [3.8, 4) is 0 Å². The highest BCUT2D eigenvalue weighted by atomic mass is 32.1. The van der Waals surface area contributed by atoms with E-state index in [0.717, 1.165) is 61.4 Å². The van der Waals surface area contributed by atoms with Crippen LogP contribution in [-0.2, 0) is 22.4 Å². The van der Waals surface area contributed by atoms with Crippen LogP contribution >= 0.6 is 11.3 Å². The van der Waals surface area contributed by atoms with Crippen LogP contribution in [0.1, 0.15) is 48.3 Å². The number of ether oxygens (including phenoxy) is 1. The normalized spacial score (nSPS) is 13.9. The minimum atomic E-state index is -0.881. The van der Waals surface area contributed by atoms with E-state index in [1.165, 1.54) is 34.6 Å². The number of carboxylic acid groups (broad SMARTS) is 1. The summed E-state index contributed by atoms with van der Waals surface area (Å²) in [5, 5.41) is 19.3. The molecule has 1 aliphatic rings. The molecule has 0 fully saturated rings. The number of anilines is 2. The van der Waals surface area contributed by atoms with Gasteiger partial charge in [0.15, 0.2) is 0 Å². The number of methoxy groups -OCH3 is 1. The van der Waals surface area contributed by atoms with Gasteiger partial charge in [-0.15, -0.1) is 11.3 Å². The second-order valence-corrected chi connectivity index (χ2v) is 10.6. The van der Waals surface area contributed by atoms with E-state index < -0.39 is 12.0 Å². The van der Waals surface area contributed by atoms with Gasteiger partial charge in [-0.2, -0.15) is 0 Å². The van der Waals surface area contributed by atoms with Gasteiger partial charge in [0.2, 0.25) is 0 Å². The van der Waals surface area contributed by atoms with Crippen molar-refractivity contribution in [3.63, 3.8) is 0 Å². The molecule has 0 aromatic carbocycles. The summed E-state index contributed by atoms with van der Waals surface area (Å²) in [6.45, 7) is 7.91. The molecular weight excluding hydrogens is 488 g/mol. The van der Waals surface area contributed by atoms with Gasteiger partial charge in [-0.05, 0) is 81.5 Å². The van der Waals surface area contributed by atoms with E-state index in [2.05, 4.69) is 38.5 Å². The number of aliphatic carboxylic acids is 1. The van der Waals surface area contributed by atoms with Crippen molar-refractivity contribution in [2.75, 3.05) is 50.5 Å². The number of carboxylic acids is 1. The molecule has 0 aliphatic carbocycles. The molecule has 10 heteroatoms. The van der Waals surface area contributed by atoms with Crippen LogP contribution in [0.5, 0.6) is 0 Å². The minimum absolute atomic E-state index is 0.463. The van der Waals surface area contributed by atoms with Gasteiger partial charge in [-0.3, -0.25) is 0 Å². The number of carbonyl (C=O) groups is 1. The second kappa shape index (κ2) is 13.1. The summed E-state index contributed by atoms with van der Waals surface area (Å²) in [5.41, 5.74) is 3.78. The van der Waals surface area contributed by atoms with Gasteiger partial charge in [0.05, 0.1) is 12.0 Å². The van der Waals surface area contributed by atoms with Crippen molar-refractivity contribution >= 4 is 39.2 Å². The molecule has 9 nitrogen and oxygen atoms in total. The van der Waals surface area contributed by atoms with E-state index in [4.69, 9.17) is 9.72 Å². The summed E-state index contributed by atoms with van der Waals surface area (Å²) in [5.74, 6) is 1.39. The van der Waals surface area contributed by atoms with Crippen LogP contribution in [0.2, 0.25) is 0 Å². The van der Waals surface area contributed by atoms with Crippen LogP contribution in [0.25, 0.3) is 10.2 Å². The number of pyridine rings is 1. The molecule has 0 amide bonds. The first kappa shape index (κ1) is 27.2. The summed E-state index contributed by atoms with van der Waals surface area (Å²) >= 11 is 1.53. The topological polar surface area (TPSA) is 113 Å². The molecule has 0 saturated heterocycles. The first-order chi connectivity index (χ1) is 17.9. The first-order valence-corrected chi connectivity index (χ1v) is 14.0. The Bertz CT molecular complexity index is 1200. The maximum absolute atomic E-state index is 12.1. The van der Waals surface area contributed by atoms with E-state index >= 15 is 0 Å². The molecule has 4 rings (SSSR count). The molecule has 1 aliphatic heterocycles. The highest BCUT2D eigenvalue weighted by Crippen LogP contribution is 2.26. The number of fused-ring (bicyclic) bond motifs is 2. The number of hydrogen-bond donors (Lipinski definition) is 3. The second-order valence-electron chi connectivity index (χ2n) is 9.66. The number of hydrogen-bond acceptors (Lipinski definition) is 9. The maximum Gasteiger partial charge on any atom is 0.326 e. The lowest BCUT2D eigenvalue weighted by Gasteiger charge is -2.24. The summed E-state index contributed by atoms with van der Waals surface area (Å²) in [7, 11) is 1.70. The van der Waals surface area contributed by atoms with Gasteiger partial charge >= 0.3 is 5.97 Å². The number of aromatic nitrogens is 3. The Balaban J connectivity index is 1.31. The average Bonchev–Trinajstić information content (AvgIpc) is 3.35. The number of thiophene rings is 1. The fourth-order valence-corrected chi connectivity index (χ4v) is 5.59. The molecule has 3 aromatic rings. The standard InChI is InChI=1S/C27H38N6O3S/c1-18-17-20-7-6-11-28-24(20)31-22(18)8-4-5-12-33(14-15-36-3)13-9-23(27(34)35)32-25-21-10-16-37-26(21)30-19(2)29-25/h10,16-17,23H,4-9,11-15H2,1-3H3,(H,28,31)(H,34,35)(H,29,30,32)/t23-/m0/s1. The SMILES string of the molecule is COCCN(CCCCc1nc2c(cc1C)CCCN2)CC[C@H](Nc1nc(C)nc2sccc12)C(=O)O. The van der Waals surface area contributed by atoms with Gasteiger partial charge in [0.25, 0.3) is 0 Å². The minimum Gasteiger partial charge on any atom is -0.480 e. The third kappa shape index (κ3) is 7.37. The zero-order valence-corrected chi connectivity index (χ0v) is 22.9. The Labute approximate surface area is 222 Å². The Morgan fingerprint density at radius 2 is 2.11 bits per heavy atom. The molecule has 0 bridgehead atoms. The zero-order chi connectivity index (χ0) is 26.2. The van der Waals surface area contributed by atoms with E-state index in [1.54, 1.807) is 7.11 Å². The van der Waals surface area contributed by atoms with E-state index in [0.29, 0.717) is 31.2 Å². The summed E-state index contributed by atoms with van der Waals surface area (Å²) in [6.07, 6.45) is 5.73. The monoisotopic (exact) mass is 526 g/mol. The Morgan fingerprint density at radius 1 is 1.24 bits per heavy atom. The highest BCUT2D eigenvalue weighted by Gasteiger charge is 2.21. The molecular formula is C27H38N6O3S. The molecule has 1 atom stereocenters. The number of unbranched alkanes of at least 4 members (excludes halogenated alkanes) is 1. The van der Waals surface area contributed by atoms with Crippen LogP contribution in [0.4, 0.5) is 11.6 Å². The molecule has 3 N–H and O–H groups in total. The van der Waals surface area contributed by atoms with Crippen LogP contribution < -0.4 is 10.6 Å². The van der Waals surface area contributed by atoms with Gasteiger partial charge in [0.1, 0.15) is 28.3 Å². The molecule has 0 radical (unpaired) electrons. The molecule has 4 heterocycles. The van der Waals surface area contributed by atoms with Crippen molar-refractivity contribution in [2.45, 2.75) is 58.4 Å². The van der Waals surface area contributed by atoms with Crippen molar-refractivity contribution < 1.29 is 14.6 Å². The largest absolute Gasteiger partial charge is 0.480 e. The van der Waals surface area contributed by atoms with Crippen LogP contribution in [0, 0.1) is 13.8 Å². The fourth-order valence-electron chi connectivity index (χ4n) is 4.78. The quantitative estimate of drug-likeness (QED) is 0.265. The summed E-state index contributed by atoms with van der Waals surface area (Å²) in [4.78, 5) is 29.0. The predicted molar refractivity (Wildman–Crippen MR) is 149 cm³/mol. The van der Waals surface area contributed by atoms with Gasteiger partial charge in [0, 0.05) is 32.4 Å². The number of rotatable bonds is 14. The van der Waals surface area contributed by atoms with Crippen molar-refractivity contribution in [3.05, 3.63) is 40.2 Å². The lowest BCUT2D eigenvalue weighted by Crippen LogP contribution is -2.37. The Morgan fingerprint density at radius 3 is 2.92 bits per heavy atom. The van der Waals surface area contributed by atoms with Gasteiger partial charge < -0.3 is 25.4 Å². The average molecular weight is 527 g/mol. The van der Waals surface area contributed by atoms with Gasteiger partial charge in [-0.25, -0.2) is 19.7 Å². The maximum atomic E-state index is 12.1. The fraction of sp³-hybridized carbons (Fsp3) is 0.556. The molecule has 200 valence electrons. The molecule has 0 saturated carbocycles. The molecule has 3 aromatic heterocycles. The van der Waals surface area contributed by atoms with E-state index in [-0.39, 0.29) is 0 Å². The lowest BCUT2D eigenvalue weighted by atomic mass is 10.0.